The molecule has 1 fully saturated rings. The van der Waals surface area contributed by atoms with Crippen molar-refractivity contribution in [2.45, 2.75) is 25.7 Å². The minimum atomic E-state index is -0.444. The van der Waals surface area contributed by atoms with Gasteiger partial charge in [-0.15, -0.1) is 0 Å². The fraction of sp³-hybridized carbons (Fsp3) is 0.333. The van der Waals surface area contributed by atoms with Gasteiger partial charge >= 0.3 is 6.03 Å². The molecule has 0 aromatic carbocycles. The van der Waals surface area contributed by atoms with Crippen LogP contribution in [0.4, 0.5) is 15.6 Å². The average molecular weight is 395 g/mol. The zero-order valence-electron chi connectivity index (χ0n) is 12.2. The van der Waals surface area contributed by atoms with Gasteiger partial charge in [0.05, 0.1) is 15.7 Å². The predicted octanol–water partition coefficient (Wildman–Crippen LogP) is 4.32. The van der Waals surface area contributed by atoms with Gasteiger partial charge in [-0.05, 0) is 40.9 Å². The average Bonchev–Trinajstić information content (AvgIpc) is 3.19. The second-order valence-electron chi connectivity index (χ2n) is 5.29. The first-order valence-corrected chi connectivity index (χ1v) is 8.93. The Kier molecular flexibility index (Phi) is 5.02. The van der Waals surface area contributed by atoms with Crippen molar-refractivity contribution in [3.63, 3.8) is 0 Å². The molecular formula is C15H15BrN4O2S. The number of thiazole rings is 1. The number of hydrogen-bond donors (Lipinski definition) is 2. The number of anilines is 2. The van der Waals surface area contributed by atoms with Crippen molar-refractivity contribution in [1.29, 1.82) is 0 Å². The summed E-state index contributed by atoms with van der Waals surface area (Å²) in [4.78, 5) is 32.8. The number of nitrogens with zero attached hydrogens (tertiary/aromatic N) is 2. The van der Waals surface area contributed by atoms with Crippen molar-refractivity contribution < 1.29 is 9.59 Å². The van der Waals surface area contributed by atoms with Crippen LogP contribution in [-0.2, 0) is 0 Å². The molecule has 8 heteroatoms. The third-order valence-electron chi connectivity index (χ3n) is 3.71. The summed E-state index contributed by atoms with van der Waals surface area (Å²) in [6, 6.07) is 2.94. The van der Waals surface area contributed by atoms with Gasteiger partial charge in [0.2, 0.25) is 0 Å². The van der Waals surface area contributed by atoms with Crippen LogP contribution in [0.5, 0.6) is 0 Å². The van der Waals surface area contributed by atoms with Crippen LogP contribution in [0.25, 0.3) is 0 Å². The van der Waals surface area contributed by atoms with Gasteiger partial charge in [0.25, 0.3) is 0 Å². The minimum absolute atomic E-state index is 0.00962. The fourth-order valence-electron chi connectivity index (χ4n) is 2.65. The maximum absolute atomic E-state index is 12.6. The topological polar surface area (TPSA) is 84.0 Å². The molecule has 0 saturated heterocycles. The molecule has 3 rings (SSSR count). The number of amides is 2. The molecule has 2 amide bonds. The van der Waals surface area contributed by atoms with E-state index in [4.69, 9.17) is 0 Å². The molecule has 1 saturated carbocycles. The van der Waals surface area contributed by atoms with Gasteiger partial charge in [-0.25, -0.2) is 9.78 Å². The van der Waals surface area contributed by atoms with E-state index < -0.39 is 6.03 Å². The summed E-state index contributed by atoms with van der Waals surface area (Å²) in [5.74, 6) is 0.0267. The summed E-state index contributed by atoms with van der Waals surface area (Å²) in [5, 5.41) is 5.80. The van der Waals surface area contributed by atoms with Gasteiger partial charge in [-0.2, -0.15) is 0 Å². The number of rotatable bonds is 4. The van der Waals surface area contributed by atoms with Crippen LogP contribution < -0.4 is 10.6 Å². The summed E-state index contributed by atoms with van der Waals surface area (Å²) in [5.41, 5.74) is 0.757. The molecule has 6 nitrogen and oxygen atoms in total. The molecule has 120 valence electrons. The molecule has 2 aromatic heterocycles. The van der Waals surface area contributed by atoms with Crippen molar-refractivity contribution in [2.24, 2.45) is 5.92 Å². The van der Waals surface area contributed by atoms with E-state index in [9.17, 15) is 9.59 Å². The highest BCUT2D eigenvalue weighted by Gasteiger charge is 2.27. The first kappa shape index (κ1) is 16.1. The lowest BCUT2D eigenvalue weighted by atomic mass is 9.99. The third kappa shape index (κ3) is 3.94. The second kappa shape index (κ2) is 7.18. The summed E-state index contributed by atoms with van der Waals surface area (Å²) < 4.78 is 0.825. The minimum Gasteiger partial charge on any atom is -0.305 e. The van der Waals surface area contributed by atoms with Crippen molar-refractivity contribution in [3.05, 3.63) is 34.0 Å². The quantitative estimate of drug-likeness (QED) is 0.756. The van der Waals surface area contributed by atoms with E-state index in [-0.39, 0.29) is 11.7 Å². The number of hydrogen-bond acceptors (Lipinski definition) is 5. The van der Waals surface area contributed by atoms with Gasteiger partial charge in [0, 0.05) is 12.1 Å². The smallest absolute Gasteiger partial charge is 0.305 e. The Balaban J connectivity index is 1.72. The van der Waals surface area contributed by atoms with E-state index in [2.05, 4.69) is 36.5 Å². The zero-order chi connectivity index (χ0) is 16.2. The van der Waals surface area contributed by atoms with E-state index in [0.717, 1.165) is 29.5 Å². The molecule has 0 aliphatic heterocycles. The van der Waals surface area contributed by atoms with Crippen LogP contribution >= 0.6 is 27.3 Å². The van der Waals surface area contributed by atoms with E-state index >= 15 is 0 Å². The van der Waals surface area contributed by atoms with Crippen molar-refractivity contribution in [1.82, 2.24) is 9.97 Å². The normalized spacial score (nSPS) is 14.7. The number of nitrogens with one attached hydrogen (secondary N) is 2. The first-order valence-electron chi connectivity index (χ1n) is 7.32. The zero-order valence-corrected chi connectivity index (χ0v) is 14.6. The third-order valence-corrected chi connectivity index (χ3v) is 5.10. The fourth-order valence-corrected chi connectivity index (χ4v) is 3.75. The number of ketones is 1. The monoisotopic (exact) mass is 394 g/mol. The van der Waals surface area contributed by atoms with Crippen LogP contribution in [0.2, 0.25) is 0 Å². The van der Waals surface area contributed by atoms with Gasteiger partial charge in [0.15, 0.2) is 10.9 Å². The van der Waals surface area contributed by atoms with Crippen LogP contribution in [-0.4, -0.2) is 21.8 Å². The Morgan fingerprint density at radius 2 is 2.00 bits per heavy atom. The highest BCUT2D eigenvalue weighted by atomic mass is 79.9. The predicted molar refractivity (Wildman–Crippen MR) is 93.0 cm³/mol. The van der Waals surface area contributed by atoms with E-state index in [1.54, 1.807) is 24.5 Å². The molecule has 0 unspecified atom stereocenters. The van der Waals surface area contributed by atoms with Crippen LogP contribution in [0.1, 0.15) is 36.2 Å². The number of halogens is 1. The molecule has 2 N–H and O–H groups in total. The maximum atomic E-state index is 12.6. The van der Waals surface area contributed by atoms with Gasteiger partial charge < -0.3 is 5.32 Å². The molecular weight excluding hydrogens is 380 g/mol. The van der Waals surface area contributed by atoms with E-state index in [1.807, 2.05) is 0 Å². The second-order valence-corrected chi connectivity index (χ2v) is 7.70. The lowest BCUT2D eigenvalue weighted by Gasteiger charge is -2.12. The Labute approximate surface area is 145 Å². The van der Waals surface area contributed by atoms with Crippen molar-refractivity contribution in [3.8, 4) is 0 Å². The SMILES string of the molecule is O=C(Nc1ncc(Br)s1)Nc1cccnc1C(=O)C1CCCC1. The molecule has 2 aromatic rings. The highest BCUT2D eigenvalue weighted by molar-refractivity contribution is 9.11. The maximum Gasteiger partial charge on any atom is 0.325 e. The molecule has 2 heterocycles. The Bertz CT molecular complexity index is 728. The Morgan fingerprint density at radius 3 is 2.70 bits per heavy atom. The highest BCUT2D eigenvalue weighted by Crippen LogP contribution is 2.29. The first-order chi connectivity index (χ1) is 11.1. The molecule has 1 aliphatic rings. The largest absolute Gasteiger partial charge is 0.325 e. The van der Waals surface area contributed by atoms with Crippen LogP contribution in [0.15, 0.2) is 28.3 Å². The van der Waals surface area contributed by atoms with Crippen LogP contribution in [0.3, 0.4) is 0 Å². The summed E-state index contributed by atoms with van der Waals surface area (Å²) in [7, 11) is 0. The summed E-state index contributed by atoms with van der Waals surface area (Å²) in [6.45, 7) is 0. The number of aromatic nitrogens is 2. The van der Waals surface area contributed by atoms with Gasteiger partial charge in [-0.3, -0.25) is 15.1 Å². The molecule has 0 atom stereocenters. The van der Waals surface area contributed by atoms with Gasteiger partial charge in [-0.1, -0.05) is 24.2 Å². The molecule has 1 aliphatic carbocycles. The molecule has 23 heavy (non-hydrogen) atoms. The van der Waals surface area contributed by atoms with E-state index in [1.165, 1.54) is 11.3 Å². The summed E-state index contributed by atoms with van der Waals surface area (Å²) in [6.07, 6.45) is 7.13. The lowest BCUT2D eigenvalue weighted by Crippen LogP contribution is -2.22. The summed E-state index contributed by atoms with van der Waals surface area (Å²) >= 11 is 4.60. The number of pyridine rings is 1. The van der Waals surface area contributed by atoms with Crippen molar-refractivity contribution >= 4 is 49.9 Å². The molecule has 0 spiro atoms. The molecule has 0 bridgehead atoms. The van der Waals surface area contributed by atoms with E-state index in [0.29, 0.717) is 16.5 Å². The Hall–Kier alpha value is -1.80. The molecule has 0 radical (unpaired) electrons. The number of Topliss-reactive ketones (excluding diaryl/α,β-unsaturated/α-hetero) is 1. The number of carbonyl (C=O) groups is 2. The number of carbonyl (C=O) groups excluding carboxylic acids is 2. The van der Waals surface area contributed by atoms with Crippen molar-refractivity contribution in [2.75, 3.05) is 10.6 Å². The lowest BCUT2D eigenvalue weighted by molar-refractivity contribution is 0.0919. The standard InChI is InChI=1S/C15H15BrN4O2S/c16-11-8-18-15(23-11)20-14(22)19-10-6-3-7-17-12(10)13(21)9-4-1-2-5-9/h3,6-9H,1-2,4-5H2,(H2,18,19,20,22). The van der Waals surface area contributed by atoms with Gasteiger partial charge in [0.1, 0.15) is 5.69 Å². The van der Waals surface area contributed by atoms with Crippen LogP contribution in [0, 0.1) is 5.92 Å². The Morgan fingerprint density at radius 1 is 1.22 bits per heavy atom. The number of urea groups is 1.